The van der Waals surface area contributed by atoms with Crippen LogP contribution in [0.3, 0.4) is 0 Å². The predicted octanol–water partition coefficient (Wildman–Crippen LogP) is 2.93. The number of hydrogen-bond acceptors (Lipinski definition) is 3. The number of thiazole rings is 1. The summed E-state index contributed by atoms with van der Waals surface area (Å²) in [6, 6.07) is 6.60. The molecule has 0 unspecified atom stereocenters. The van der Waals surface area contributed by atoms with E-state index in [9.17, 15) is 4.39 Å². The molecule has 0 fully saturated rings. The summed E-state index contributed by atoms with van der Waals surface area (Å²) in [6.45, 7) is 6.33. The monoisotopic (exact) mass is 334 g/mol. The molecule has 0 radical (unpaired) electrons. The zero-order valence-electron chi connectivity index (χ0n) is 13.6. The normalized spacial score (nSPS) is 11.5. The van der Waals surface area contributed by atoms with E-state index in [0.717, 1.165) is 48.2 Å². The van der Waals surface area contributed by atoms with E-state index in [4.69, 9.17) is 0 Å². The Kier molecular flexibility index (Phi) is 7.00. The molecule has 23 heavy (non-hydrogen) atoms. The summed E-state index contributed by atoms with van der Waals surface area (Å²) >= 11 is 1.67. The maximum atomic E-state index is 12.9. The number of aryl methyl sites for hydroxylation is 1. The van der Waals surface area contributed by atoms with Gasteiger partial charge in [0.1, 0.15) is 5.82 Å². The number of benzene rings is 1. The molecule has 0 bridgehead atoms. The van der Waals surface area contributed by atoms with Gasteiger partial charge in [-0.2, -0.15) is 0 Å². The fourth-order valence-electron chi connectivity index (χ4n) is 2.12. The molecule has 0 aliphatic carbocycles. The molecule has 2 N–H and O–H groups in total. The van der Waals surface area contributed by atoms with E-state index in [1.807, 2.05) is 26.0 Å². The van der Waals surface area contributed by atoms with Crippen molar-refractivity contribution >= 4 is 17.3 Å². The van der Waals surface area contributed by atoms with Crippen LogP contribution in [0.4, 0.5) is 4.39 Å². The highest BCUT2D eigenvalue weighted by Gasteiger charge is 2.00. The van der Waals surface area contributed by atoms with Crippen LogP contribution >= 0.6 is 11.3 Å². The SMILES string of the molecule is CCNC(=NCCc1csc(C)n1)NCCc1ccc(F)cc1. The summed E-state index contributed by atoms with van der Waals surface area (Å²) in [5.74, 6) is 0.607. The molecular formula is C17H23FN4S. The topological polar surface area (TPSA) is 49.3 Å². The lowest BCUT2D eigenvalue weighted by atomic mass is 10.1. The van der Waals surface area contributed by atoms with Crippen LogP contribution in [0.1, 0.15) is 23.2 Å². The lowest BCUT2D eigenvalue weighted by Gasteiger charge is -2.11. The van der Waals surface area contributed by atoms with Crippen molar-refractivity contribution in [2.75, 3.05) is 19.6 Å². The van der Waals surface area contributed by atoms with Gasteiger partial charge in [-0.25, -0.2) is 9.37 Å². The van der Waals surface area contributed by atoms with Crippen LogP contribution in [0.5, 0.6) is 0 Å². The van der Waals surface area contributed by atoms with Gasteiger partial charge in [-0.05, 0) is 38.0 Å². The average Bonchev–Trinajstić information content (AvgIpc) is 2.95. The van der Waals surface area contributed by atoms with Gasteiger partial charge in [0.25, 0.3) is 0 Å². The van der Waals surface area contributed by atoms with Crippen LogP contribution in [0.25, 0.3) is 0 Å². The molecule has 0 spiro atoms. The van der Waals surface area contributed by atoms with E-state index >= 15 is 0 Å². The summed E-state index contributed by atoms with van der Waals surface area (Å²) in [5, 5.41) is 9.71. The Balaban J connectivity index is 1.77. The fraction of sp³-hybridized carbons (Fsp3) is 0.412. The number of nitrogens with one attached hydrogen (secondary N) is 2. The van der Waals surface area contributed by atoms with Gasteiger partial charge in [0.05, 0.1) is 10.7 Å². The van der Waals surface area contributed by atoms with E-state index in [1.54, 1.807) is 11.3 Å². The summed E-state index contributed by atoms with van der Waals surface area (Å²) in [4.78, 5) is 9.00. The van der Waals surface area contributed by atoms with Crippen LogP contribution < -0.4 is 10.6 Å². The standard InChI is InChI=1S/C17H23FN4S/c1-3-19-17(21-11-9-16-12-23-13(2)22-16)20-10-8-14-4-6-15(18)7-5-14/h4-7,12H,3,8-11H2,1-2H3,(H2,19,20,21). The van der Waals surface area contributed by atoms with Crippen molar-refractivity contribution in [3.63, 3.8) is 0 Å². The van der Waals surface area contributed by atoms with Gasteiger partial charge in [0, 0.05) is 31.4 Å². The molecule has 1 heterocycles. The summed E-state index contributed by atoms with van der Waals surface area (Å²) in [6.07, 6.45) is 1.68. The highest BCUT2D eigenvalue weighted by atomic mass is 32.1. The second kappa shape index (κ2) is 9.25. The van der Waals surface area contributed by atoms with Crippen LogP contribution in [0, 0.1) is 12.7 Å². The number of rotatable bonds is 7. The Morgan fingerprint density at radius 1 is 1.22 bits per heavy atom. The summed E-state index contributed by atoms with van der Waals surface area (Å²) in [5.41, 5.74) is 2.20. The third-order valence-electron chi connectivity index (χ3n) is 3.27. The van der Waals surface area contributed by atoms with Gasteiger partial charge in [-0.15, -0.1) is 11.3 Å². The molecule has 4 nitrogen and oxygen atoms in total. The van der Waals surface area contributed by atoms with Crippen molar-refractivity contribution < 1.29 is 4.39 Å². The molecular weight excluding hydrogens is 311 g/mol. The van der Waals surface area contributed by atoms with Crippen LogP contribution in [-0.2, 0) is 12.8 Å². The molecule has 124 valence electrons. The van der Waals surface area contributed by atoms with Gasteiger partial charge < -0.3 is 10.6 Å². The average molecular weight is 334 g/mol. The molecule has 0 amide bonds. The third-order valence-corrected chi connectivity index (χ3v) is 4.09. The lowest BCUT2D eigenvalue weighted by molar-refractivity contribution is 0.626. The van der Waals surface area contributed by atoms with E-state index in [2.05, 4.69) is 26.0 Å². The first-order chi connectivity index (χ1) is 11.2. The van der Waals surface area contributed by atoms with Crippen molar-refractivity contribution in [1.29, 1.82) is 0 Å². The zero-order valence-corrected chi connectivity index (χ0v) is 14.4. The zero-order chi connectivity index (χ0) is 16.5. The Morgan fingerprint density at radius 3 is 2.65 bits per heavy atom. The molecule has 0 atom stereocenters. The first-order valence-corrected chi connectivity index (χ1v) is 8.73. The van der Waals surface area contributed by atoms with Crippen LogP contribution in [0.15, 0.2) is 34.6 Å². The molecule has 1 aromatic heterocycles. The second-order valence-electron chi connectivity index (χ2n) is 5.17. The Hall–Kier alpha value is -1.95. The minimum absolute atomic E-state index is 0.200. The third kappa shape index (κ3) is 6.36. The molecule has 2 rings (SSSR count). The van der Waals surface area contributed by atoms with Gasteiger partial charge in [0.2, 0.25) is 0 Å². The van der Waals surface area contributed by atoms with Crippen LogP contribution in [0.2, 0.25) is 0 Å². The van der Waals surface area contributed by atoms with Crippen LogP contribution in [-0.4, -0.2) is 30.6 Å². The Bertz CT molecular complexity index is 622. The minimum atomic E-state index is -0.200. The number of nitrogens with zero attached hydrogens (tertiary/aromatic N) is 2. The van der Waals surface area contributed by atoms with E-state index in [1.165, 1.54) is 12.1 Å². The molecule has 0 aliphatic heterocycles. The van der Waals surface area contributed by atoms with Gasteiger partial charge in [-0.1, -0.05) is 12.1 Å². The van der Waals surface area contributed by atoms with Gasteiger partial charge in [0.15, 0.2) is 5.96 Å². The molecule has 0 aliphatic rings. The number of guanidine groups is 1. The first-order valence-electron chi connectivity index (χ1n) is 7.85. The van der Waals surface area contributed by atoms with Crippen molar-refractivity contribution in [1.82, 2.24) is 15.6 Å². The Morgan fingerprint density at radius 2 is 2.00 bits per heavy atom. The molecule has 6 heteroatoms. The van der Waals surface area contributed by atoms with Gasteiger partial charge in [-0.3, -0.25) is 4.99 Å². The highest BCUT2D eigenvalue weighted by Crippen LogP contribution is 2.08. The van der Waals surface area contributed by atoms with E-state index in [0.29, 0.717) is 6.54 Å². The molecule has 1 aromatic carbocycles. The van der Waals surface area contributed by atoms with Crippen molar-refractivity contribution in [3.8, 4) is 0 Å². The fourth-order valence-corrected chi connectivity index (χ4v) is 2.77. The Labute approximate surface area is 140 Å². The number of aliphatic imine (C=N–C) groups is 1. The molecule has 0 saturated heterocycles. The summed E-state index contributed by atoms with van der Waals surface area (Å²) < 4.78 is 12.9. The summed E-state index contributed by atoms with van der Waals surface area (Å²) in [7, 11) is 0. The van der Waals surface area contributed by atoms with Crippen molar-refractivity contribution in [2.45, 2.75) is 26.7 Å². The predicted molar refractivity (Wildman–Crippen MR) is 94.6 cm³/mol. The molecule has 2 aromatic rings. The molecule has 0 saturated carbocycles. The lowest BCUT2D eigenvalue weighted by Crippen LogP contribution is -2.38. The van der Waals surface area contributed by atoms with Crippen molar-refractivity contribution in [2.24, 2.45) is 4.99 Å². The highest BCUT2D eigenvalue weighted by molar-refractivity contribution is 7.09. The quantitative estimate of drug-likeness (QED) is 0.605. The second-order valence-corrected chi connectivity index (χ2v) is 6.23. The maximum absolute atomic E-state index is 12.9. The largest absolute Gasteiger partial charge is 0.357 e. The first kappa shape index (κ1) is 17.4. The number of halogens is 1. The number of hydrogen-bond donors (Lipinski definition) is 2. The van der Waals surface area contributed by atoms with E-state index in [-0.39, 0.29) is 5.82 Å². The minimum Gasteiger partial charge on any atom is -0.357 e. The van der Waals surface area contributed by atoms with Gasteiger partial charge >= 0.3 is 0 Å². The smallest absolute Gasteiger partial charge is 0.191 e. The van der Waals surface area contributed by atoms with E-state index < -0.39 is 0 Å². The maximum Gasteiger partial charge on any atom is 0.191 e. The van der Waals surface area contributed by atoms with Crippen molar-refractivity contribution in [3.05, 3.63) is 51.7 Å². The number of aromatic nitrogens is 1.